The number of hydrogen-bond acceptors (Lipinski definition) is 4. The molecule has 0 saturated heterocycles. The summed E-state index contributed by atoms with van der Waals surface area (Å²) in [7, 11) is -4.52. The van der Waals surface area contributed by atoms with Crippen LogP contribution in [0.5, 0.6) is 5.75 Å². The van der Waals surface area contributed by atoms with Crippen LogP contribution in [0, 0.1) is 18.6 Å². The number of carboxylic acid groups (broad SMARTS) is 1. The molecule has 0 aliphatic carbocycles. The van der Waals surface area contributed by atoms with Crippen LogP contribution >= 0.6 is 0 Å². The molecular formula is C14H11F2NO5S. The fourth-order valence-electron chi connectivity index (χ4n) is 1.93. The summed E-state index contributed by atoms with van der Waals surface area (Å²) in [6, 6.07) is 4.40. The number of carbonyl (C=O) groups is 1. The lowest BCUT2D eigenvalue weighted by molar-refractivity contribution is 0.0691. The van der Waals surface area contributed by atoms with Gasteiger partial charge >= 0.3 is 5.97 Å². The molecule has 0 aromatic heterocycles. The van der Waals surface area contributed by atoms with Crippen molar-refractivity contribution in [2.75, 3.05) is 4.72 Å². The Morgan fingerprint density at radius 2 is 1.78 bits per heavy atom. The number of halogens is 2. The molecule has 9 heteroatoms. The quantitative estimate of drug-likeness (QED) is 0.791. The fraction of sp³-hybridized carbons (Fsp3) is 0.0714. The van der Waals surface area contributed by atoms with Crippen LogP contribution in [-0.2, 0) is 10.0 Å². The van der Waals surface area contributed by atoms with Gasteiger partial charge in [-0.15, -0.1) is 0 Å². The Morgan fingerprint density at radius 1 is 1.13 bits per heavy atom. The topological polar surface area (TPSA) is 104 Å². The lowest BCUT2D eigenvalue weighted by Crippen LogP contribution is -2.17. The Hall–Kier alpha value is -2.68. The first-order chi connectivity index (χ1) is 10.6. The summed E-state index contributed by atoms with van der Waals surface area (Å²) in [5.74, 6) is -4.49. The summed E-state index contributed by atoms with van der Waals surface area (Å²) >= 11 is 0. The second kappa shape index (κ2) is 5.84. The van der Waals surface area contributed by atoms with Crippen molar-refractivity contribution in [2.24, 2.45) is 0 Å². The minimum Gasteiger partial charge on any atom is -0.508 e. The smallest absolute Gasteiger partial charge is 0.338 e. The van der Waals surface area contributed by atoms with Gasteiger partial charge in [-0.1, -0.05) is 0 Å². The molecule has 0 aliphatic rings. The van der Waals surface area contributed by atoms with Gasteiger partial charge in [0.25, 0.3) is 10.0 Å². The number of aromatic carboxylic acids is 1. The van der Waals surface area contributed by atoms with Crippen LogP contribution in [-0.4, -0.2) is 24.6 Å². The first-order valence-corrected chi connectivity index (χ1v) is 7.64. The summed E-state index contributed by atoms with van der Waals surface area (Å²) in [6.45, 7) is 1.40. The number of nitrogens with one attached hydrogen (secondary N) is 1. The van der Waals surface area contributed by atoms with E-state index in [-0.39, 0.29) is 11.3 Å². The van der Waals surface area contributed by atoms with Gasteiger partial charge in [-0.25, -0.2) is 22.0 Å². The number of phenolic OH excluding ortho intramolecular Hbond substituents is 1. The predicted molar refractivity (Wildman–Crippen MR) is 77.0 cm³/mol. The lowest BCUT2D eigenvalue weighted by atomic mass is 10.1. The van der Waals surface area contributed by atoms with E-state index < -0.39 is 43.8 Å². The minimum atomic E-state index is -4.52. The zero-order chi connectivity index (χ0) is 17.4. The van der Waals surface area contributed by atoms with Crippen molar-refractivity contribution in [3.63, 3.8) is 0 Å². The van der Waals surface area contributed by atoms with E-state index in [1.54, 1.807) is 0 Å². The fourth-order valence-corrected chi connectivity index (χ4v) is 3.15. The molecule has 0 unspecified atom stereocenters. The highest BCUT2D eigenvalue weighted by Gasteiger charge is 2.25. The number of sulfonamides is 1. The number of aromatic hydroxyl groups is 1. The number of phenols is 1. The molecular weight excluding hydrogens is 332 g/mol. The summed E-state index contributed by atoms with van der Waals surface area (Å²) in [5, 5.41) is 18.2. The van der Waals surface area contributed by atoms with Crippen LogP contribution in [0.15, 0.2) is 35.2 Å². The minimum absolute atomic E-state index is 0.214. The Morgan fingerprint density at radius 3 is 2.35 bits per heavy atom. The number of hydrogen-bond donors (Lipinski definition) is 3. The molecule has 3 N–H and O–H groups in total. The number of aryl methyl sites for hydroxylation is 1. The second-order valence-corrected chi connectivity index (χ2v) is 6.38. The summed E-state index contributed by atoms with van der Waals surface area (Å²) < 4.78 is 53.6. The van der Waals surface area contributed by atoms with Crippen LogP contribution in [0.25, 0.3) is 0 Å². The molecule has 2 aromatic rings. The number of rotatable bonds is 4. The van der Waals surface area contributed by atoms with Crippen LogP contribution in [0.4, 0.5) is 14.5 Å². The molecule has 122 valence electrons. The van der Waals surface area contributed by atoms with Crippen LogP contribution < -0.4 is 4.72 Å². The van der Waals surface area contributed by atoms with Crippen molar-refractivity contribution in [2.45, 2.75) is 11.8 Å². The van der Waals surface area contributed by atoms with Gasteiger partial charge in [-0.2, -0.15) is 0 Å². The van der Waals surface area contributed by atoms with Gasteiger partial charge in [0.2, 0.25) is 0 Å². The molecule has 0 fully saturated rings. The van der Waals surface area contributed by atoms with Crippen LogP contribution in [0.3, 0.4) is 0 Å². The van der Waals surface area contributed by atoms with Crippen molar-refractivity contribution in [1.82, 2.24) is 0 Å². The van der Waals surface area contributed by atoms with Gasteiger partial charge in [0, 0.05) is 12.1 Å². The molecule has 2 rings (SSSR count). The molecule has 2 aromatic carbocycles. The van der Waals surface area contributed by atoms with Gasteiger partial charge in [0.1, 0.15) is 16.5 Å². The standard InChI is InChI=1S/C14H11F2NO5S/c1-7-2-11(14(19)20)13(16)12(3-7)23(21,22)17-9-4-8(15)5-10(18)6-9/h2-6,17-18H,1H3,(H,19,20). The molecule has 0 heterocycles. The van der Waals surface area contributed by atoms with Gasteiger partial charge < -0.3 is 10.2 Å². The molecule has 0 atom stereocenters. The molecule has 23 heavy (non-hydrogen) atoms. The van der Waals surface area contributed by atoms with Crippen molar-refractivity contribution in [3.05, 3.63) is 53.1 Å². The Kier molecular flexibility index (Phi) is 4.24. The van der Waals surface area contributed by atoms with E-state index >= 15 is 0 Å². The average Bonchev–Trinajstić information content (AvgIpc) is 2.38. The van der Waals surface area contributed by atoms with Crippen LogP contribution in [0.1, 0.15) is 15.9 Å². The number of benzene rings is 2. The molecule has 0 amide bonds. The van der Waals surface area contributed by atoms with Gasteiger partial charge in [0.05, 0.1) is 11.3 Å². The van der Waals surface area contributed by atoms with Gasteiger partial charge in [-0.3, -0.25) is 4.72 Å². The summed E-state index contributed by atoms with van der Waals surface area (Å²) in [6.07, 6.45) is 0. The summed E-state index contributed by atoms with van der Waals surface area (Å²) in [5.41, 5.74) is -0.918. The van der Waals surface area contributed by atoms with E-state index in [4.69, 9.17) is 5.11 Å². The Labute approximate surface area is 130 Å². The van der Waals surface area contributed by atoms with E-state index in [1.165, 1.54) is 6.92 Å². The molecule has 6 nitrogen and oxygen atoms in total. The van der Waals surface area contributed by atoms with Crippen LogP contribution in [0.2, 0.25) is 0 Å². The van der Waals surface area contributed by atoms with E-state index in [0.29, 0.717) is 0 Å². The monoisotopic (exact) mass is 343 g/mol. The lowest BCUT2D eigenvalue weighted by Gasteiger charge is -2.11. The number of carboxylic acids is 1. The maximum absolute atomic E-state index is 14.1. The van der Waals surface area contributed by atoms with Crippen molar-refractivity contribution < 1.29 is 32.2 Å². The third-order valence-electron chi connectivity index (χ3n) is 2.84. The summed E-state index contributed by atoms with van der Waals surface area (Å²) in [4.78, 5) is 10.1. The average molecular weight is 343 g/mol. The SMILES string of the molecule is Cc1cc(C(=O)O)c(F)c(S(=O)(=O)Nc2cc(O)cc(F)c2)c1. The first-order valence-electron chi connectivity index (χ1n) is 6.16. The van der Waals surface area contributed by atoms with Gasteiger partial charge in [-0.05, 0) is 30.7 Å². The van der Waals surface area contributed by atoms with Crippen molar-refractivity contribution in [3.8, 4) is 5.75 Å². The van der Waals surface area contributed by atoms with E-state index in [9.17, 15) is 27.1 Å². The highest BCUT2D eigenvalue weighted by atomic mass is 32.2. The zero-order valence-corrected chi connectivity index (χ0v) is 12.5. The maximum atomic E-state index is 14.1. The normalized spacial score (nSPS) is 11.3. The first kappa shape index (κ1) is 16.7. The largest absolute Gasteiger partial charge is 0.508 e. The maximum Gasteiger partial charge on any atom is 0.338 e. The molecule has 0 spiro atoms. The molecule has 0 saturated carbocycles. The van der Waals surface area contributed by atoms with Crippen molar-refractivity contribution in [1.29, 1.82) is 0 Å². The van der Waals surface area contributed by atoms with E-state index in [1.807, 2.05) is 4.72 Å². The molecule has 0 aliphatic heterocycles. The highest BCUT2D eigenvalue weighted by molar-refractivity contribution is 7.92. The third-order valence-corrected chi connectivity index (χ3v) is 4.22. The van der Waals surface area contributed by atoms with E-state index in [2.05, 4.69) is 0 Å². The third kappa shape index (κ3) is 3.57. The predicted octanol–water partition coefficient (Wildman–Crippen LogP) is 2.48. The number of anilines is 1. The molecule has 0 radical (unpaired) electrons. The Bertz CT molecular complexity index is 876. The highest BCUT2D eigenvalue weighted by Crippen LogP contribution is 2.25. The van der Waals surface area contributed by atoms with Gasteiger partial charge in [0.15, 0.2) is 5.82 Å². The molecule has 0 bridgehead atoms. The Balaban J connectivity index is 2.54. The van der Waals surface area contributed by atoms with E-state index in [0.717, 1.165) is 30.3 Å². The van der Waals surface area contributed by atoms with Crippen molar-refractivity contribution >= 4 is 21.7 Å². The second-order valence-electron chi connectivity index (χ2n) is 4.73. The zero-order valence-electron chi connectivity index (χ0n) is 11.7.